The standard InChI is InChI=1S/C15H14N4O2/c1-18(2)14-6-3-12(4-7-14)17-13-5-8-15(19(20)21)11(9-13)10-16/h3-9,17H,1-2H3. The van der Waals surface area contributed by atoms with Crippen molar-refractivity contribution in [2.24, 2.45) is 0 Å². The van der Waals surface area contributed by atoms with Gasteiger partial charge in [-0.1, -0.05) is 0 Å². The van der Waals surface area contributed by atoms with Crippen LogP contribution in [0.5, 0.6) is 0 Å². The summed E-state index contributed by atoms with van der Waals surface area (Å²) in [5, 5.41) is 22.9. The molecule has 1 N–H and O–H groups in total. The lowest BCUT2D eigenvalue weighted by Crippen LogP contribution is -2.08. The zero-order chi connectivity index (χ0) is 15.4. The molecule has 0 unspecified atom stereocenters. The third-order valence-electron chi connectivity index (χ3n) is 2.99. The van der Waals surface area contributed by atoms with E-state index in [9.17, 15) is 10.1 Å². The Hall–Kier alpha value is -3.07. The molecule has 106 valence electrons. The van der Waals surface area contributed by atoms with Crippen LogP contribution < -0.4 is 10.2 Å². The van der Waals surface area contributed by atoms with E-state index in [1.165, 1.54) is 12.1 Å². The molecule has 0 bridgehead atoms. The van der Waals surface area contributed by atoms with E-state index in [1.54, 1.807) is 6.07 Å². The highest BCUT2D eigenvalue weighted by Crippen LogP contribution is 2.25. The molecule has 0 saturated heterocycles. The molecule has 0 aliphatic rings. The molecule has 0 radical (unpaired) electrons. The van der Waals surface area contributed by atoms with Crippen LogP contribution in [0.1, 0.15) is 5.56 Å². The Balaban J connectivity index is 2.24. The molecule has 2 aromatic rings. The molecule has 0 saturated carbocycles. The van der Waals surface area contributed by atoms with Gasteiger partial charge in [0, 0.05) is 37.2 Å². The van der Waals surface area contributed by atoms with Crippen molar-refractivity contribution in [1.82, 2.24) is 0 Å². The Morgan fingerprint density at radius 3 is 2.29 bits per heavy atom. The van der Waals surface area contributed by atoms with Crippen LogP contribution in [0.15, 0.2) is 42.5 Å². The largest absolute Gasteiger partial charge is 0.378 e. The number of nitro groups is 1. The number of rotatable bonds is 4. The van der Waals surface area contributed by atoms with Gasteiger partial charge in [-0.05, 0) is 36.4 Å². The summed E-state index contributed by atoms with van der Waals surface area (Å²) >= 11 is 0. The highest BCUT2D eigenvalue weighted by Gasteiger charge is 2.13. The van der Waals surface area contributed by atoms with Crippen LogP contribution in [0.25, 0.3) is 0 Å². The third kappa shape index (κ3) is 3.28. The van der Waals surface area contributed by atoms with Crippen LogP contribution >= 0.6 is 0 Å². The zero-order valence-electron chi connectivity index (χ0n) is 11.7. The van der Waals surface area contributed by atoms with Crippen molar-refractivity contribution in [3.63, 3.8) is 0 Å². The lowest BCUT2D eigenvalue weighted by Gasteiger charge is -2.13. The quantitative estimate of drug-likeness (QED) is 0.687. The van der Waals surface area contributed by atoms with Gasteiger partial charge in [-0.3, -0.25) is 10.1 Å². The van der Waals surface area contributed by atoms with Gasteiger partial charge in [0.15, 0.2) is 0 Å². The van der Waals surface area contributed by atoms with E-state index < -0.39 is 4.92 Å². The van der Waals surface area contributed by atoms with Crippen molar-refractivity contribution in [3.8, 4) is 6.07 Å². The Bertz CT molecular complexity index is 703. The minimum Gasteiger partial charge on any atom is -0.378 e. The second kappa shape index (κ2) is 5.92. The summed E-state index contributed by atoms with van der Waals surface area (Å²) in [6.45, 7) is 0. The minimum absolute atomic E-state index is 0.0370. The summed E-state index contributed by atoms with van der Waals surface area (Å²) in [5.74, 6) is 0. The number of hydrogen-bond donors (Lipinski definition) is 1. The number of hydrogen-bond acceptors (Lipinski definition) is 5. The molecule has 0 atom stereocenters. The van der Waals surface area contributed by atoms with E-state index in [0.29, 0.717) is 5.69 Å². The van der Waals surface area contributed by atoms with Crippen LogP contribution in [0.3, 0.4) is 0 Å². The van der Waals surface area contributed by atoms with Gasteiger partial charge in [-0.2, -0.15) is 5.26 Å². The van der Waals surface area contributed by atoms with E-state index in [1.807, 2.05) is 49.3 Å². The normalized spacial score (nSPS) is 9.76. The average Bonchev–Trinajstić information content (AvgIpc) is 2.47. The second-order valence-corrected chi connectivity index (χ2v) is 4.67. The first-order valence-corrected chi connectivity index (χ1v) is 6.24. The molecule has 2 rings (SSSR count). The maximum atomic E-state index is 10.8. The lowest BCUT2D eigenvalue weighted by atomic mass is 10.1. The van der Waals surface area contributed by atoms with Gasteiger partial charge in [0.2, 0.25) is 0 Å². The molecule has 0 heterocycles. The maximum Gasteiger partial charge on any atom is 0.287 e. The molecule has 0 aromatic heterocycles. The summed E-state index contributed by atoms with van der Waals surface area (Å²) in [6, 6.07) is 13.9. The van der Waals surface area contributed by atoms with E-state index in [2.05, 4.69) is 5.32 Å². The van der Waals surface area contributed by atoms with E-state index >= 15 is 0 Å². The number of benzene rings is 2. The molecular weight excluding hydrogens is 268 g/mol. The molecule has 2 aromatic carbocycles. The third-order valence-corrected chi connectivity index (χ3v) is 2.99. The van der Waals surface area contributed by atoms with E-state index in [-0.39, 0.29) is 11.3 Å². The molecule has 0 aliphatic carbocycles. The zero-order valence-corrected chi connectivity index (χ0v) is 11.7. The smallest absolute Gasteiger partial charge is 0.287 e. The van der Waals surface area contributed by atoms with Crippen molar-refractivity contribution < 1.29 is 4.92 Å². The first-order chi connectivity index (χ1) is 10.0. The van der Waals surface area contributed by atoms with Gasteiger partial charge in [-0.25, -0.2) is 0 Å². The van der Waals surface area contributed by atoms with Gasteiger partial charge in [0.25, 0.3) is 5.69 Å². The van der Waals surface area contributed by atoms with Gasteiger partial charge < -0.3 is 10.2 Å². The summed E-state index contributed by atoms with van der Waals surface area (Å²) in [6.07, 6.45) is 0. The van der Waals surface area contributed by atoms with Crippen molar-refractivity contribution in [2.45, 2.75) is 0 Å². The fraction of sp³-hybridized carbons (Fsp3) is 0.133. The van der Waals surface area contributed by atoms with Crippen molar-refractivity contribution in [1.29, 1.82) is 5.26 Å². The first kappa shape index (κ1) is 14.3. The lowest BCUT2D eigenvalue weighted by molar-refractivity contribution is -0.385. The molecule has 0 fully saturated rings. The summed E-state index contributed by atoms with van der Waals surface area (Å²) in [7, 11) is 3.91. The van der Waals surface area contributed by atoms with Gasteiger partial charge in [0.1, 0.15) is 11.6 Å². The van der Waals surface area contributed by atoms with Crippen LogP contribution in [-0.2, 0) is 0 Å². The van der Waals surface area contributed by atoms with E-state index in [4.69, 9.17) is 5.26 Å². The molecular formula is C15H14N4O2. The summed E-state index contributed by atoms with van der Waals surface area (Å²) in [5.41, 5.74) is 2.40. The van der Waals surface area contributed by atoms with Crippen LogP contribution in [0.2, 0.25) is 0 Å². The van der Waals surface area contributed by atoms with Crippen LogP contribution in [-0.4, -0.2) is 19.0 Å². The van der Waals surface area contributed by atoms with Crippen molar-refractivity contribution in [3.05, 3.63) is 58.1 Å². The number of nitro benzene ring substituents is 1. The Kier molecular flexibility index (Phi) is 4.05. The first-order valence-electron chi connectivity index (χ1n) is 6.24. The maximum absolute atomic E-state index is 10.8. The number of nitrogens with zero attached hydrogens (tertiary/aromatic N) is 3. The van der Waals surface area contributed by atoms with Crippen molar-refractivity contribution >= 4 is 22.7 Å². The van der Waals surface area contributed by atoms with Gasteiger partial charge in [0.05, 0.1) is 4.92 Å². The van der Waals surface area contributed by atoms with E-state index in [0.717, 1.165) is 11.4 Å². The van der Waals surface area contributed by atoms with Crippen LogP contribution in [0, 0.1) is 21.4 Å². The average molecular weight is 282 g/mol. The summed E-state index contributed by atoms with van der Waals surface area (Å²) in [4.78, 5) is 12.2. The predicted molar refractivity (Wildman–Crippen MR) is 81.9 cm³/mol. The number of nitriles is 1. The Labute approximate surface area is 122 Å². The highest BCUT2D eigenvalue weighted by molar-refractivity contribution is 5.66. The Morgan fingerprint density at radius 1 is 1.14 bits per heavy atom. The molecule has 6 heteroatoms. The molecule has 6 nitrogen and oxygen atoms in total. The fourth-order valence-electron chi connectivity index (χ4n) is 1.87. The Morgan fingerprint density at radius 2 is 1.76 bits per heavy atom. The highest BCUT2D eigenvalue weighted by atomic mass is 16.6. The number of anilines is 3. The predicted octanol–water partition coefficient (Wildman–Crippen LogP) is 3.28. The molecule has 21 heavy (non-hydrogen) atoms. The van der Waals surface area contributed by atoms with Crippen LogP contribution in [0.4, 0.5) is 22.7 Å². The second-order valence-electron chi connectivity index (χ2n) is 4.67. The van der Waals surface area contributed by atoms with Gasteiger partial charge >= 0.3 is 0 Å². The minimum atomic E-state index is -0.561. The fourth-order valence-corrected chi connectivity index (χ4v) is 1.87. The summed E-state index contributed by atoms with van der Waals surface area (Å²) < 4.78 is 0. The topological polar surface area (TPSA) is 82.2 Å². The molecule has 0 spiro atoms. The SMILES string of the molecule is CN(C)c1ccc(Nc2ccc([N+](=O)[O-])c(C#N)c2)cc1. The monoisotopic (exact) mass is 282 g/mol. The molecule has 0 aliphatic heterocycles. The number of nitrogens with one attached hydrogen (secondary N) is 1. The van der Waals surface area contributed by atoms with Crippen molar-refractivity contribution in [2.75, 3.05) is 24.3 Å². The molecule has 0 amide bonds. The van der Waals surface area contributed by atoms with Gasteiger partial charge in [-0.15, -0.1) is 0 Å².